The van der Waals surface area contributed by atoms with Gasteiger partial charge in [0.1, 0.15) is 11.4 Å². The molecule has 2 rings (SSSR count). The third-order valence-electron chi connectivity index (χ3n) is 2.94. The summed E-state index contributed by atoms with van der Waals surface area (Å²) in [5.41, 5.74) is 3.63. The number of nitrogens with zero attached hydrogens (tertiary/aromatic N) is 1. The predicted octanol–water partition coefficient (Wildman–Crippen LogP) is 3.53. The van der Waals surface area contributed by atoms with Crippen LogP contribution in [0.25, 0.3) is 0 Å². The number of benzene rings is 2. The second kappa shape index (κ2) is 5.61. The van der Waals surface area contributed by atoms with Gasteiger partial charge in [0, 0.05) is 6.54 Å². The number of phenols is 1. The van der Waals surface area contributed by atoms with Gasteiger partial charge in [0.05, 0.1) is 11.0 Å². The van der Waals surface area contributed by atoms with Crippen molar-refractivity contribution in [1.82, 2.24) is 0 Å². The molecule has 0 saturated heterocycles. The van der Waals surface area contributed by atoms with Crippen molar-refractivity contribution in [3.8, 4) is 5.75 Å². The first-order valence-corrected chi connectivity index (χ1v) is 6.24. The molecule has 0 spiro atoms. The van der Waals surface area contributed by atoms with Crippen molar-refractivity contribution in [3.63, 3.8) is 0 Å². The van der Waals surface area contributed by atoms with E-state index in [4.69, 9.17) is 0 Å². The molecule has 0 aliphatic carbocycles. The largest absolute Gasteiger partial charge is 0.508 e. The van der Waals surface area contributed by atoms with E-state index in [1.54, 1.807) is 0 Å². The number of hydrogen-bond donors (Lipinski definition) is 2. The van der Waals surface area contributed by atoms with Crippen LogP contribution in [0.1, 0.15) is 16.7 Å². The molecule has 5 nitrogen and oxygen atoms in total. The highest BCUT2D eigenvalue weighted by atomic mass is 16.6. The zero-order valence-corrected chi connectivity index (χ0v) is 11.4. The van der Waals surface area contributed by atoms with Crippen LogP contribution < -0.4 is 5.32 Å². The predicted molar refractivity (Wildman–Crippen MR) is 78.0 cm³/mol. The minimum absolute atomic E-state index is 0.117. The summed E-state index contributed by atoms with van der Waals surface area (Å²) in [6.45, 7) is 4.52. The van der Waals surface area contributed by atoms with Crippen LogP contribution in [0.4, 0.5) is 11.4 Å². The molecule has 2 aromatic rings. The molecule has 2 aromatic carbocycles. The van der Waals surface area contributed by atoms with Crippen molar-refractivity contribution in [2.45, 2.75) is 20.4 Å². The Kier molecular flexibility index (Phi) is 3.89. The number of nitrogens with one attached hydrogen (secondary N) is 1. The fourth-order valence-corrected chi connectivity index (χ4v) is 2.19. The van der Waals surface area contributed by atoms with Crippen molar-refractivity contribution in [2.75, 3.05) is 5.32 Å². The van der Waals surface area contributed by atoms with Gasteiger partial charge in [-0.2, -0.15) is 0 Å². The summed E-state index contributed by atoms with van der Waals surface area (Å²) in [6, 6.07) is 10.2. The van der Waals surface area contributed by atoms with Crippen LogP contribution in [0, 0.1) is 24.0 Å². The highest BCUT2D eigenvalue weighted by Crippen LogP contribution is 2.28. The minimum Gasteiger partial charge on any atom is -0.508 e. The van der Waals surface area contributed by atoms with Gasteiger partial charge in [-0.15, -0.1) is 0 Å². The summed E-state index contributed by atoms with van der Waals surface area (Å²) >= 11 is 0. The Morgan fingerprint density at radius 1 is 1.15 bits per heavy atom. The quantitative estimate of drug-likeness (QED) is 0.507. The van der Waals surface area contributed by atoms with Crippen LogP contribution >= 0.6 is 0 Å². The highest BCUT2D eigenvalue weighted by molar-refractivity contribution is 5.63. The number of anilines is 1. The molecule has 0 saturated carbocycles. The molecule has 0 amide bonds. The van der Waals surface area contributed by atoms with E-state index in [2.05, 4.69) is 11.4 Å². The molecular weight excluding hydrogens is 256 g/mol. The maximum Gasteiger partial charge on any atom is 0.296 e. The summed E-state index contributed by atoms with van der Waals surface area (Å²) in [4.78, 5) is 10.4. The molecule has 0 aliphatic rings. The molecule has 0 bridgehead atoms. The molecule has 0 unspecified atom stereocenters. The average molecular weight is 272 g/mol. The van der Waals surface area contributed by atoms with E-state index in [1.807, 2.05) is 26.0 Å². The molecule has 2 N–H and O–H groups in total. The summed E-state index contributed by atoms with van der Waals surface area (Å²) < 4.78 is 0. The van der Waals surface area contributed by atoms with E-state index in [1.165, 1.54) is 12.1 Å². The fourth-order valence-electron chi connectivity index (χ4n) is 2.19. The lowest BCUT2D eigenvalue weighted by molar-refractivity contribution is -0.384. The summed E-state index contributed by atoms with van der Waals surface area (Å²) in [7, 11) is 0. The highest BCUT2D eigenvalue weighted by Gasteiger charge is 2.14. The van der Waals surface area contributed by atoms with Crippen molar-refractivity contribution < 1.29 is 10.0 Å². The molecular formula is C15H16N2O3. The number of phenolic OH excluding ortho intramolecular Hbond substituents is 1. The van der Waals surface area contributed by atoms with Gasteiger partial charge in [0.2, 0.25) is 0 Å². The molecule has 0 fully saturated rings. The molecule has 20 heavy (non-hydrogen) atoms. The lowest BCUT2D eigenvalue weighted by Gasteiger charge is -2.09. The summed E-state index contributed by atoms with van der Waals surface area (Å²) in [5, 5.41) is 23.3. The fraction of sp³-hybridized carbons (Fsp3) is 0.200. The van der Waals surface area contributed by atoms with Crippen LogP contribution in [0.15, 0.2) is 36.4 Å². The molecule has 0 aliphatic heterocycles. The molecule has 0 aromatic heterocycles. The van der Waals surface area contributed by atoms with E-state index < -0.39 is 4.92 Å². The number of nitro groups is 1. The van der Waals surface area contributed by atoms with Crippen LogP contribution in [0.5, 0.6) is 5.75 Å². The van der Waals surface area contributed by atoms with Gasteiger partial charge < -0.3 is 10.4 Å². The Morgan fingerprint density at radius 3 is 2.40 bits per heavy atom. The topological polar surface area (TPSA) is 75.4 Å². The van der Waals surface area contributed by atoms with Gasteiger partial charge in [0.25, 0.3) is 5.69 Å². The van der Waals surface area contributed by atoms with Gasteiger partial charge >= 0.3 is 0 Å². The van der Waals surface area contributed by atoms with Gasteiger partial charge in [-0.05, 0) is 31.5 Å². The van der Waals surface area contributed by atoms with E-state index in [9.17, 15) is 15.2 Å². The Morgan fingerprint density at radius 2 is 1.80 bits per heavy atom. The van der Waals surface area contributed by atoms with E-state index in [-0.39, 0.29) is 11.4 Å². The van der Waals surface area contributed by atoms with Crippen molar-refractivity contribution in [1.29, 1.82) is 0 Å². The van der Waals surface area contributed by atoms with Gasteiger partial charge in [-0.25, -0.2) is 0 Å². The van der Waals surface area contributed by atoms with Gasteiger partial charge in [-0.1, -0.05) is 29.3 Å². The molecule has 0 heterocycles. The zero-order chi connectivity index (χ0) is 14.7. The normalized spacial score (nSPS) is 10.3. The lowest BCUT2D eigenvalue weighted by atomic mass is 10.1. The number of nitro benzene ring substituents is 1. The van der Waals surface area contributed by atoms with Crippen LogP contribution in [-0.4, -0.2) is 10.0 Å². The molecule has 0 radical (unpaired) electrons. The number of aryl methyl sites for hydroxylation is 2. The number of hydrogen-bond acceptors (Lipinski definition) is 4. The Labute approximate surface area is 117 Å². The van der Waals surface area contributed by atoms with E-state index in [0.717, 1.165) is 22.8 Å². The van der Waals surface area contributed by atoms with Crippen molar-refractivity contribution in [2.24, 2.45) is 0 Å². The standard InChI is InChI=1S/C15H16N2O3/c1-10-5-11(2)7-12(6-10)9-16-14-4-3-13(18)8-15(14)17(19)20/h3-8,16,18H,9H2,1-2H3. The zero-order valence-electron chi connectivity index (χ0n) is 11.4. The van der Waals surface area contributed by atoms with E-state index >= 15 is 0 Å². The van der Waals surface area contributed by atoms with Crippen LogP contribution in [-0.2, 0) is 6.54 Å². The van der Waals surface area contributed by atoms with Crippen LogP contribution in [0.3, 0.4) is 0 Å². The minimum atomic E-state index is -0.510. The summed E-state index contributed by atoms with van der Waals surface area (Å²) in [5.74, 6) is -0.117. The summed E-state index contributed by atoms with van der Waals surface area (Å²) in [6.07, 6.45) is 0. The van der Waals surface area contributed by atoms with Gasteiger partial charge in [0.15, 0.2) is 0 Å². The maximum absolute atomic E-state index is 10.9. The monoisotopic (exact) mass is 272 g/mol. The smallest absolute Gasteiger partial charge is 0.296 e. The number of rotatable bonds is 4. The molecule has 0 atom stereocenters. The Hall–Kier alpha value is -2.56. The first kappa shape index (κ1) is 13.9. The third kappa shape index (κ3) is 3.26. The lowest BCUT2D eigenvalue weighted by Crippen LogP contribution is -2.03. The number of aromatic hydroxyl groups is 1. The molecule has 104 valence electrons. The average Bonchev–Trinajstić information content (AvgIpc) is 2.36. The Bertz CT molecular complexity index is 633. The van der Waals surface area contributed by atoms with Crippen LogP contribution in [0.2, 0.25) is 0 Å². The third-order valence-corrected chi connectivity index (χ3v) is 2.94. The molecule has 5 heteroatoms. The first-order valence-electron chi connectivity index (χ1n) is 6.24. The first-order chi connectivity index (χ1) is 9.45. The van der Waals surface area contributed by atoms with Crippen molar-refractivity contribution in [3.05, 3.63) is 63.2 Å². The second-order valence-electron chi connectivity index (χ2n) is 4.81. The van der Waals surface area contributed by atoms with E-state index in [0.29, 0.717) is 12.2 Å². The maximum atomic E-state index is 10.9. The Balaban J connectivity index is 2.20. The van der Waals surface area contributed by atoms with Gasteiger partial charge in [-0.3, -0.25) is 10.1 Å². The second-order valence-corrected chi connectivity index (χ2v) is 4.81. The SMILES string of the molecule is Cc1cc(C)cc(CNc2ccc(O)cc2[N+](=O)[O-])c1. The van der Waals surface area contributed by atoms with Crippen molar-refractivity contribution >= 4 is 11.4 Å².